The predicted octanol–water partition coefficient (Wildman–Crippen LogP) is 3.03. The average Bonchev–Trinajstić information content (AvgIpc) is 2.75. The molecule has 2 heterocycles. The predicted molar refractivity (Wildman–Crippen MR) is 132 cm³/mol. The van der Waals surface area contributed by atoms with Crippen molar-refractivity contribution in [2.24, 2.45) is 4.99 Å². The van der Waals surface area contributed by atoms with E-state index in [1.807, 2.05) is 48.7 Å². The molecule has 8 heteroatoms. The molecule has 0 aliphatic carbocycles. The van der Waals surface area contributed by atoms with Crippen molar-refractivity contribution in [2.75, 3.05) is 36.8 Å². The van der Waals surface area contributed by atoms with E-state index >= 15 is 0 Å². The van der Waals surface area contributed by atoms with Crippen LogP contribution >= 0.6 is 24.0 Å². The van der Waals surface area contributed by atoms with Gasteiger partial charge in [-0.1, -0.05) is 24.3 Å². The summed E-state index contributed by atoms with van der Waals surface area (Å²) in [6, 6.07) is 16.0. The Morgan fingerprint density at radius 2 is 1.90 bits per heavy atom. The zero-order chi connectivity index (χ0) is 19.6. The maximum atomic E-state index is 12.3. The Balaban J connectivity index is 0.00000300. The Morgan fingerprint density at radius 3 is 2.55 bits per heavy atom. The quantitative estimate of drug-likeness (QED) is 0.329. The number of rotatable bonds is 7. The summed E-state index contributed by atoms with van der Waals surface area (Å²) < 4.78 is 12.3. The van der Waals surface area contributed by atoms with Crippen molar-refractivity contribution >= 4 is 46.6 Å². The first kappa shape index (κ1) is 23.6. The molecule has 3 rings (SSSR count). The molecule has 1 aliphatic rings. The molecule has 1 aromatic heterocycles. The second-order valence-corrected chi connectivity index (χ2v) is 8.29. The molecule has 29 heavy (non-hydrogen) atoms. The zero-order valence-electron chi connectivity index (χ0n) is 16.8. The third-order valence-electron chi connectivity index (χ3n) is 4.71. The van der Waals surface area contributed by atoms with Crippen molar-refractivity contribution in [1.82, 2.24) is 15.6 Å². The number of pyridine rings is 1. The van der Waals surface area contributed by atoms with Crippen molar-refractivity contribution in [1.29, 1.82) is 0 Å². The average molecular weight is 527 g/mol. The van der Waals surface area contributed by atoms with Crippen LogP contribution in [0.3, 0.4) is 0 Å². The van der Waals surface area contributed by atoms with Crippen LogP contribution in [0.5, 0.6) is 0 Å². The highest BCUT2D eigenvalue weighted by Gasteiger charge is 2.20. The van der Waals surface area contributed by atoms with Crippen LogP contribution in [0, 0.1) is 0 Å². The van der Waals surface area contributed by atoms with Crippen molar-refractivity contribution in [3.05, 3.63) is 54.7 Å². The number of piperidine rings is 1. The molecular formula is C21H30IN5OS. The number of aromatic nitrogens is 1. The Kier molecular flexibility index (Phi) is 10.4. The molecule has 1 unspecified atom stereocenters. The topological polar surface area (TPSA) is 69.6 Å². The van der Waals surface area contributed by atoms with Gasteiger partial charge in [0, 0.05) is 42.5 Å². The van der Waals surface area contributed by atoms with E-state index in [1.165, 1.54) is 0 Å². The second-order valence-electron chi connectivity index (χ2n) is 6.72. The molecule has 6 nitrogen and oxygen atoms in total. The molecule has 0 amide bonds. The Bertz CT molecular complexity index is 767. The first-order valence-electron chi connectivity index (χ1n) is 9.90. The minimum Gasteiger partial charge on any atom is -0.357 e. The largest absolute Gasteiger partial charge is 0.357 e. The Labute approximate surface area is 193 Å². The molecular weight excluding hydrogens is 497 g/mol. The fourth-order valence-electron chi connectivity index (χ4n) is 3.24. The number of guanidine groups is 1. The molecule has 0 saturated carbocycles. The lowest BCUT2D eigenvalue weighted by Crippen LogP contribution is -2.49. The van der Waals surface area contributed by atoms with E-state index in [2.05, 4.69) is 38.5 Å². The van der Waals surface area contributed by atoms with Crippen molar-refractivity contribution in [2.45, 2.75) is 30.7 Å². The number of nitrogens with one attached hydrogen (secondary N) is 2. The van der Waals surface area contributed by atoms with Crippen LogP contribution in [0.25, 0.3) is 0 Å². The number of anilines is 1. The maximum absolute atomic E-state index is 12.3. The van der Waals surface area contributed by atoms with Crippen LogP contribution in [-0.4, -0.2) is 53.1 Å². The molecule has 0 bridgehead atoms. The molecule has 0 radical (unpaired) electrons. The lowest BCUT2D eigenvalue weighted by atomic mass is 10.1. The van der Waals surface area contributed by atoms with Gasteiger partial charge in [0.05, 0.1) is 17.3 Å². The first-order valence-corrected chi connectivity index (χ1v) is 11.2. The molecule has 2 aromatic rings. The molecule has 1 aliphatic heterocycles. The summed E-state index contributed by atoms with van der Waals surface area (Å²) in [6.07, 6.45) is 3.92. The van der Waals surface area contributed by atoms with Crippen molar-refractivity contribution in [3.63, 3.8) is 0 Å². The van der Waals surface area contributed by atoms with Crippen LogP contribution in [0.1, 0.15) is 19.8 Å². The van der Waals surface area contributed by atoms with E-state index in [0.717, 1.165) is 49.1 Å². The smallest absolute Gasteiger partial charge is 0.191 e. The van der Waals surface area contributed by atoms with Crippen LogP contribution in [0.4, 0.5) is 5.82 Å². The van der Waals surface area contributed by atoms with Gasteiger partial charge in [-0.05, 0) is 44.0 Å². The first-order chi connectivity index (χ1) is 13.8. The lowest BCUT2D eigenvalue weighted by molar-refractivity contribution is 0.460. The Hall–Kier alpha value is -1.68. The number of hydrogen-bond acceptors (Lipinski definition) is 4. The molecule has 2 N–H and O–H groups in total. The summed E-state index contributed by atoms with van der Waals surface area (Å²) in [5, 5.41) is 6.84. The van der Waals surface area contributed by atoms with Crippen LogP contribution in [0.15, 0.2) is 64.6 Å². The fraction of sp³-hybridized carbons (Fsp3) is 0.429. The van der Waals surface area contributed by atoms with E-state index < -0.39 is 10.8 Å². The zero-order valence-corrected chi connectivity index (χ0v) is 19.9. The third-order valence-corrected chi connectivity index (χ3v) is 6.06. The van der Waals surface area contributed by atoms with Crippen molar-refractivity contribution in [3.8, 4) is 0 Å². The SMILES string of the molecule is CCNC(=NCCS(=O)c1ccccc1)NC1CCN(c2ccccn2)CC1.I. The fourth-order valence-corrected chi connectivity index (χ4v) is 4.19. The summed E-state index contributed by atoms with van der Waals surface area (Å²) in [7, 11) is -1.01. The Morgan fingerprint density at radius 1 is 1.17 bits per heavy atom. The number of nitrogens with zero attached hydrogens (tertiary/aromatic N) is 3. The molecule has 1 aromatic carbocycles. The van der Waals surface area contributed by atoms with Gasteiger partial charge in [-0.25, -0.2) is 4.98 Å². The minimum atomic E-state index is -1.01. The van der Waals surface area contributed by atoms with Crippen molar-refractivity contribution < 1.29 is 4.21 Å². The molecule has 1 fully saturated rings. The molecule has 1 saturated heterocycles. The van der Waals surface area contributed by atoms with E-state index in [1.54, 1.807) is 0 Å². The molecule has 158 valence electrons. The standard InChI is InChI=1S/C21H29N5OS.HI/c1-2-22-21(24-14-17-28(27)19-8-4-3-5-9-19)25-18-11-15-26(16-12-18)20-10-6-7-13-23-20;/h3-10,13,18H,2,11-12,14-17H2,1H3,(H2,22,24,25);1H. The van der Waals surface area contributed by atoms with Crippen LogP contribution < -0.4 is 15.5 Å². The van der Waals surface area contributed by atoms with Gasteiger partial charge < -0.3 is 15.5 Å². The summed E-state index contributed by atoms with van der Waals surface area (Å²) in [6.45, 7) is 5.35. The highest BCUT2D eigenvalue weighted by molar-refractivity contribution is 14.0. The van der Waals surface area contributed by atoms with Gasteiger partial charge in [-0.3, -0.25) is 9.20 Å². The van der Waals surface area contributed by atoms with E-state index in [4.69, 9.17) is 0 Å². The third kappa shape index (κ3) is 7.58. The summed E-state index contributed by atoms with van der Waals surface area (Å²) >= 11 is 0. The van der Waals surface area contributed by atoms with Gasteiger partial charge in [0.1, 0.15) is 5.82 Å². The van der Waals surface area contributed by atoms with E-state index in [-0.39, 0.29) is 24.0 Å². The number of hydrogen-bond donors (Lipinski definition) is 2. The van der Waals surface area contributed by atoms with Gasteiger partial charge >= 0.3 is 0 Å². The summed E-state index contributed by atoms with van der Waals surface area (Å²) in [4.78, 5) is 12.2. The van der Waals surface area contributed by atoms with Gasteiger partial charge in [0.15, 0.2) is 5.96 Å². The van der Waals surface area contributed by atoms with Gasteiger partial charge in [-0.2, -0.15) is 0 Å². The van der Waals surface area contributed by atoms with Crippen LogP contribution in [0.2, 0.25) is 0 Å². The number of halogens is 1. The van der Waals surface area contributed by atoms with E-state index in [9.17, 15) is 4.21 Å². The second kappa shape index (κ2) is 12.8. The number of aliphatic imine (C=N–C) groups is 1. The summed E-state index contributed by atoms with van der Waals surface area (Å²) in [5.74, 6) is 2.38. The van der Waals surface area contributed by atoms with E-state index in [0.29, 0.717) is 18.3 Å². The minimum absolute atomic E-state index is 0. The lowest BCUT2D eigenvalue weighted by Gasteiger charge is -2.33. The maximum Gasteiger partial charge on any atom is 0.191 e. The highest BCUT2D eigenvalue weighted by Crippen LogP contribution is 2.17. The summed E-state index contributed by atoms with van der Waals surface area (Å²) in [5.41, 5.74) is 0. The molecule has 1 atom stereocenters. The van der Waals surface area contributed by atoms with Crippen LogP contribution in [-0.2, 0) is 10.8 Å². The monoisotopic (exact) mass is 527 g/mol. The molecule has 0 spiro atoms. The van der Waals surface area contributed by atoms with Gasteiger partial charge in [0.25, 0.3) is 0 Å². The van der Waals surface area contributed by atoms with Gasteiger partial charge in [-0.15, -0.1) is 24.0 Å². The highest BCUT2D eigenvalue weighted by atomic mass is 127. The normalized spacial score (nSPS) is 16.0. The van der Waals surface area contributed by atoms with Gasteiger partial charge in [0.2, 0.25) is 0 Å². The number of benzene rings is 1.